The number of amides is 1. The minimum absolute atomic E-state index is 0.105. The molecule has 1 aliphatic rings. The summed E-state index contributed by atoms with van der Waals surface area (Å²) in [5.41, 5.74) is 1.89. The Labute approximate surface area is 210 Å². The van der Waals surface area contributed by atoms with E-state index >= 15 is 8.78 Å². The number of imidazole rings is 1. The third-order valence-corrected chi connectivity index (χ3v) is 6.29. The molecule has 1 N–H and O–H groups in total. The largest absolute Gasteiger partial charge is 0.374 e. The van der Waals surface area contributed by atoms with Crippen molar-refractivity contribution in [2.24, 2.45) is 0 Å². The molecule has 0 spiro atoms. The average molecular weight is 513 g/mol. The Hall–Kier alpha value is -3.63. The second-order valence-electron chi connectivity index (χ2n) is 8.58. The Bertz CT molecular complexity index is 1420. The number of aromatic nitrogens is 4. The number of carbonyl (C=O) groups is 1. The molecule has 8 nitrogen and oxygen atoms in total. The molecule has 0 saturated carbocycles. The van der Waals surface area contributed by atoms with Crippen molar-refractivity contribution < 1.29 is 18.3 Å². The molecule has 1 aliphatic heterocycles. The Balaban J connectivity index is 1.54. The van der Waals surface area contributed by atoms with Crippen molar-refractivity contribution in [2.75, 3.05) is 31.6 Å². The highest BCUT2D eigenvalue weighted by Gasteiger charge is 2.28. The number of carbonyl (C=O) groups excluding carboxylic acids is 1. The molecule has 1 aromatic carbocycles. The molecule has 1 fully saturated rings. The summed E-state index contributed by atoms with van der Waals surface area (Å²) in [6.07, 6.45) is 4.92. The highest BCUT2D eigenvalue weighted by atomic mass is 35.5. The van der Waals surface area contributed by atoms with Gasteiger partial charge in [0.1, 0.15) is 17.3 Å². The van der Waals surface area contributed by atoms with Crippen LogP contribution < -0.4 is 10.2 Å². The van der Waals surface area contributed by atoms with E-state index in [0.29, 0.717) is 48.4 Å². The molecular weight excluding hydrogens is 490 g/mol. The van der Waals surface area contributed by atoms with E-state index in [4.69, 9.17) is 16.3 Å². The maximum Gasteiger partial charge on any atom is 0.251 e. The van der Waals surface area contributed by atoms with Crippen LogP contribution in [-0.4, -0.2) is 58.1 Å². The van der Waals surface area contributed by atoms with Crippen molar-refractivity contribution in [1.82, 2.24) is 24.7 Å². The molecule has 1 atom stereocenters. The molecule has 11 heteroatoms. The van der Waals surface area contributed by atoms with Crippen LogP contribution in [0.25, 0.3) is 16.9 Å². The lowest BCUT2D eigenvalue weighted by Gasteiger charge is -2.33. The van der Waals surface area contributed by atoms with Gasteiger partial charge in [0.15, 0.2) is 0 Å². The van der Waals surface area contributed by atoms with Gasteiger partial charge in [-0.15, -0.1) is 0 Å². The van der Waals surface area contributed by atoms with Gasteiger partial charge in [-0.05, 0) is 36.8 Å². The molecular formula is C25H23ClF2N6O2. The number of benzene rings is 1. The number of anilines is 1. The van der Waals surface area contributed by atoms with Gasteiger partial charge in [-0.1, -0.05) is 11.6 Å². The standard InChI is InChI=1S/C25H23ClF2N6O2/c1-14-3-4-34-20(10-17-13-33(5-6-36-17)25-30-11-16(26)12-31-25)23(32-21(34)7-14)22-18(27)8-15(9-19(22)28)24(35)29-2/h3-4,7-9,11-12,17H,5-6,10,13H2,1-2H3,(H,29,35)/t17-/m0/s1. The van der Waals surface area contributed by atoms with Crippen molar-refractivity contribution in [2.45, 2.75) is 19.4 Å². The van der Waals surface area contributed by atoms with E-state index in [-0.39, 0.29) is 22.9 Å². The highest BCUT2D eigenvalue weighted by Crippen LogP contribution is 2.32. The van der Waals surface area contributed by atoms with Crippen LogP contribution in [0.15, 0.2) is 42.9 Å². The Morgan fingerprint density at radius 1 is 1.22 bits per heavy atom. The molecule has 0 radical (unpaired) electrons. The molecule has 186 valence electrons. The zero-order chi connectivity index (χ0) is 25.4. The number of pyridine rings is 1. The van der Waals surface area contributed by atoms with E-state index in [0.717, 1.165) is 17.7 Å². The second-order valence-corrected chi connectivity index (χ2v) is 9.01. The zero-order valence-electron chi connectivity index (χ0n) is 19.6. The topological polar surface area (TPSA) is 84.7 Å². The first-order valence-electron chi connectivity index (χ1n) is 11.4. The number of halogens is 3. The van der Waals surface area contributed by atoms with Gasteiger partial charge < -0.3 is 19.4 Å². The molecule has 4 aromatic rings. The molecule has 4 heterocycles. The van der Waals surface area contributed by atoms with E-state index in [2.05, 4.69) is 20.3 Å². The first-order valence-corrected chi connectivity index (χ1v) is 11.7. The molecule has 0 unspecified atom stereocenters. The van der Waals surface area contributed by atoms with E-state index < -0.39 is 17.5 Å². The summed E-state index contributed by atoms with van der Waals surface area (Å²) in [4.78, 5) is 27.1. The molecule has 0 aliphatic carbocycles. The van der Waals surface area contributed by atoms with E-state index in [9.17, 15) is 4.79 Å². The minimum atomic E-state index is -0.865. The summed E-state index contributed by atoms with van der Waals surface area (Å²) in [7, 11) is 1.40. The van der Waals surface area contributed by atoms with Crippen molar-refractivity contribution >= 4 is 29.1 Å². The van der Waals surface area contributed by atoms with Crippen LogP contribution >= 0.6 is 11.6 Å². The highest BCUT2D eigenvalue weighted by molar-refractivity contribution is 6.30. The number of fused-ring (bicyclic) bond motifs is 1. The maximum atomic E-state index is 15.2. The predicted molar refractivity (Wildman–Crippen MR) is 131 cm³/mol. The molecule has 1 saturated heterocycles. The van der Waals surface area contributed by atoms with E-state index in [1.807, 2.05) is 34.6 Å². The summed E-state index contributed by atoms with van der Waals surface area (Å²) in [5, 5.41) is 2.82. The molecule has 36 heavy (non-hydrogen) atoms. The normalized spacial score (nSPS) is 15.9. The van der Waals surface area contributed by atoms with Crippen molar-refractivity contribution in [3.63, 3.8) is 0 Å². The van der Waals surface area contributed by atoms with Crippen LogP contribution in [0.1, 0.15) is 21.6 Å². The van der Waals surface area contributed by atoms with Gasteiger partial charge in [-0.2, -0.15) is 0 Å². The SMILES string of the molecule is CNC(=O)c1cc(F)c(-c2nc3cc(C)ccn3c2C[C@H]2CN(c3ncc(Cl)cn3)CCO2)c(F)c1. The van der Waals surface area contributed by atoms with Crippen LogP contribution in [-0.2, 0) is 11.2 Å². The van der Waals surface area contributed by atoms with Crippen molar-refractivity contribution in [1.29, 1.82) is 0 Å². The van der Waals surface area contributed by atoms with Gasteiger partial charge in [-0.3, -0.25) is 4.79 Å². The predicted octanol–water partition coefficient (Wildman–Crippen LogP) is 3.84. The van der Waals surface area contributed by atoms with Crippen molar-refractivity contribution in [3.05, 3.63) is 76.3 Å². The van der Waals surface area contributed by atoms with E-state index in [1.54, 1.807) is 0 Å². The molecule has 5 rings (SSSR count). The average Bonchev–Trinajstić information content (AvgIpc) is 3.20. The van der Waals surface area contributed by atoms with Gasteiger partial charge in [0.05, 0.1) is 47.1 Å². The summed E-state index contributed by atoms with van der Waals surface area (Å²) in [6, 6.07) is 5.79. The number of aryl methyl sites for hydroxylation is 1. The van der Waals surface area contributed by atoms with Crippen LogP contribution in [0.3, 0.4) is 0 Å². The van der Waals surface area contributed by atoms with Gasteiger partial charge in [0.25, 0.3) is 5.91 Å². The maximum absolute atomic E-state index is 15.2. The zero-order valence-corrected chi connectivity index (χ0v) is 20.4. The number of nitrogens with one attached hydrogen (secondary N) is 1. The lowest BCUT2D eigenvalue weighted by atomic mass is 10.0. The number of hydrogen-bond acceptors (Lipinski definition) is 6. The van der Waals surface area contributed by atoms with Gasteiger partial charge in [-0.25, -0.2) is 23.7 Å². The van der Waals surface area contributed by atoms with Crippen LogP contribution in [0.2, 0.25) is 5.02 Å². The lowest BCUT2D eigenvalue weighted by molar-refractivity contribution is 0.0399. The van der Waals surface area contributed by atoms with Crippen LogP contribution in [0.4, 0.5) is 14.7 Å². The fraction of sp³-hybridized carbons (Fsp3) is 0.280. The first kappa shape index (κ1) is 24.1. The monoisotopic (exact) mass is 512 g/mol. The second kappa shape index (κ2) is 9.79. The van der Waals surface area contributed by atoms with E-state index in [1.165, 1.54) is 19.4 Å². The third-order valence-electron chi connectivity index (χ3n) is 6.10. The summed E-state index contributed by atoms with van der Waals surface area (Å²) < 4.78 is 38.3. The Morgan fingerprint density at radius 3 is 2.64 bits per heavy atom. The molecule has 3 aromatic heterocycles. The smallest absolute Gasteiger partial charge is 0.251 e. The number of morpholine rings is 1. The summed E-state index contributed by atoms with van der Waals surface area (Å²) in [5.74, 6) is -1.78. The quantitative estimate of drug-likeness (QED) is 0.437. The van der Waals surface area contributed by atoms with Crippen LogP contribution in [0, 0.1) is 18.6 Å². The lowest BCUT2D eigenvalue weighted by Crippen LogP contribution is -2.44. The fourth-order valence-corrected chi connectivity index (χ4v) is 4.47. The van der Waals surface area contributed by atoms with Crippen LogP contribution in [0.5, 0.6) is 0 Å². The molecule has 0 bridgehead atoms. The minimum Gasteiger partial charge on any atom is -0.374 e. The van der Waals surface area contributed by atoms with Gasteiger partial charge in [0, 0.05) is 38.3 Å². The number of ether oxygens (including phenoxy) is 1. The molecule has 1 amide bonds. The van der Waals surface area contributed by atoms with Crippen molar-refractivity contribution in [3.8, 4) is 11.3 Å². The summed E-state index contributed by atoms with van der Waals surface area (Å²) >= 11 is 5.92. The summed E-state index contributed by atoms with van der Waals surface area (Å²) in [6.45, 7) is 3.43. The fourth-order valence-electron chi connectivity index (χ4n) is 4.38. The van der Waals surface area contributed by atoms with Gasteiger partial charge >= 0.3 is 0 Å². The first-order chi connectivity index (χ1) is 17.3. The Kier molecular flexibility index (Phi) is 6.55. The number of hydrogen-bond donors (Lipinski definition) is 1. The Morgan fingerprint density at radius 2 is 1.94 bits per heavy atom. The van der Waals surface area contributed by atoms with Gasteiger partial charge in [0.2, 0.25) is 5.95 Å². The number of rotatable bonds is 5. The third kappa shape index (κ3) is 4.61. The number of nitrogens with zero attached hydrogens (tertiary/aromatic N) is 5.